The maximum atomic E-state index is 12.6. The van der Waals surface area contributed by atoms with Crippen molar-refractivity contribution in [2.45, 2.75) is 19.0 Å². The predicted molar refractivity (Wildman–Crippen MR) is 96.8 cm³/mol. The fraction of sp³-hybridized carbons (Fsp3) is 0.556. The number of nitrogens with zero attached hydrogens (tertiary/aromatic N) is 2. The van der Waals surface area contributed by atoms with E-state index in [-0.39, 0.29) is 35.7 Å². The molecule has 0 bridgehead atoms. The van der Waals surface area contributed by atoms with Crippen molar-refractivity contribution in [3.8, 4) is 0 Å². The predicted octanol–water partition coefficient (Wildman–Crippen LogP) is 2.41. The van der Waals surface area contributed by atoms with Crippen LogP contribution in [0.25, 0.3) is 0 Å². The van der Waals surface area contributed by atoms with Gasteiger partial charge in [-0.15, -0.1) is 12.4 Å². The molecule has 0 aromatic heterocycles. The molecule has 2 fully saturated rings. The number of halogens is 4. The summed E-state index contributed by atoms with van der Waals surface area (Å²) in [6, 6.07) is 4.25. The van der Waals surface area contributed by atoms with Gasteiger partial charge < -0.3 is 15.1 Å². The standard InChI is InChI=1S/C18H22F3N3O2.ClH/c19-18(20,21)15-5-3-13(4-6-15)16(25)23-8-10-24(11-9-23)17(26)14-2-1-7-22-12-14;/h3-6,14,22H,1-2,7-12H2;1H. The van der Waals surface area contributed by atoms with E-state index in [1.165, 1.54) is 12.1 Å². The second kappa shape index (κ2) is 8.93. The van der Waals surface area contributed by atoms with Crippen LogP contribution in [0.2, 0.25) is 0 Å². The Morgan fingerprint density at radius 3 is 2.11 bits per heavy atom. The molecule has 0 radical (unpaired) electrons. The third-order valence-corrected chi connectivity index (χ3v) is 4.98. The van der Waals surface area contributed by atoms with Crippen LogP contribution in [-0.2, 0) is 11.0 Å². The normalized spacial score (nSPS) is 20.8. The van der Waals surface area contributed by atoms with Crippen molar-refractivity contribution in [3.05, 3.63) is 35.4 Å². The quantitative estimate of drug-likeness (QED) is 0.822. The number of alkyl halides is 3. The summed E-state index contributed by atoms with van der Waals surface area (Å²) in [6.07, 6.45) is -2.54. The van der Waals surface area contributed by atoms with Crippen LogP contribution in [0, 0.1) is 5.92 Å². The zero-order valence-electron chi connectivity index (χ0n) is 14.8. The molecule has 0 saturated carbocycles. The summed E-state index contributed by atoms with van der Waals surface area (Å²) in [5, 5.41) is 3.23. The summed E-state index contributed by atoms with van der Waals surface area (Å²) in [7, 11) is 0. The van der Waals surface area contributed by atoms with E-state index >= 15 is 0 Å². The Morgan fingerprint density at radius 1 is 1.00 bits per heavy atom. The number of carbonyl (C=O) groups excluding carboxylic acids is 2. The number of nitrogens with one attached hydrogen (secondary N) is 1. The van der Waals surface area contributed by atoms with Crippen LogP contribution in [-0.4, -0.2) is 60.9 Å². The molecule has 1 unspecified atom stereocenters. The lowest BCUT2D eigenvalue weighted by molar-refractivity contribution is -0.138. The lowest BCUT2D eigenvalue weighted by atomic mass is 9.98. The molecular weight excluding hydrogens is 383 g/mol. The van der Waals surface area contributed by atoms with Gasteiger partial charge in [0.05, 0.1) is 11.5 Å². The van der Waals surface area contributed by atoms with Crippen molar-refractivity contribution >= 4 is 24.2 Å². The van der Waals surface area contributed by atoms with E-state index in [1.807, 2.05) is 0 Å². The summed E-state index contributed by atoms with van der Waals surface area (Å²) in [5.41, 5.74) is -0.542. The van der Waals surface area contributed by atoms with Gasteiger partial charge in [-0.3, -0.25) is 9.59 Å². The van der Waals surface area contributed by atoms with Crippen LogP contribution in [0.15, 0.2) is 24.3 Å². The van der Waals surface area contributed by atoms with E-state index in [4.69, 9.17) is 0 Å². The molecule has 2 aliphatic heterocycles. The molecule has 3 rings (SSSR count). The first kappa shape index (κ1) is 21.5. The first-order valence-electron chi connectivity index (χ1n) is 8.82. The van der Waals surface area contributed by atoms with Gasteiger partial charge in [-0.1, -0.05) is 0 Å². The average Bonchev–Trinajstić information content (AvgIpc) is 2.67. The van der Waals surface area contributed by atoms with Gasteiger partial charge in [-0.25, -0.2) is 0 Å². The van der Waals surface area contributed by atoms with Gasteiger partial charge in [-0.2, -0.15) is 13.2 Å². The van der Waals surface area contributed by atoms with Crippen molar-refractivity contribution in [1.82, 2.24) is 15.1 Å². The lowest BCUT2D eigenvalue weighted by Gasteiger charge is -2.37. The van der Waals surface area contributed by atoms with Gasteiger partial charge >= 0.3 is 6.18 Å². The van der Waals surface area contributed by atoms with E-state index in [0.29, 0.717) is 32.7 Å². The maximum Gasteiger partial charge on any atom is 0.416 e. The molecule has 2 amide bonds. The molecule has 27 heavy (non-hydrogen) atoms. The number of piperidine rings is 1. The van der Waals surface area contributed by atoms with Crippen LogP contribution in [0.3, 0.4) is 0 Å². The van der Waals surface area contributed by atoms with Crippen LogP contribution in [0.1, 0.15) is 28.8 Å². The zero-order valence-corrected chi connectivity index (χ0v) is 15.6. The van der Waals surface area contributed by atoms with Crippen molar-refractivity contribution in [2.75, 3.05) is 39.3 Å². The second-order valence-electron chi connectivity index (χ2n) is 6.74. The molecule has 2 heterocycles. The summed E-state index contributed by atoms with van der Waals surface area (Å²) in [6.45, 7) is 3.35. The zero-order chi connectivity index (χ0) is 18.7. The molecule has 1 atom stereocenters. The van der Waals surface area contributed by atoms with Crippen LogP contribution in [0.5, 0.6) is 0 Å². The third-order valence-electron chi connectivity index (χ3n) is 4.98. The van der Waals surface area contributed by atoms with E-state index in [9.17, 15) is 22.8 Å². The van der Waals surface area contributed by atoms with Crippen molar-refractivity contribution < 1.29 is 22.8 Å². The molecule has 2 aliphatic rings. The van der Waals surface area contributed by atoms with Gasteiger partial charge in [-0.05, 0) is 43.7 Å². The molecular formula is C18H23ClF3N3O2. The number of hydrogen-bond donors (Lipinski definition) is 1. The van der Waals surface area contributed by atoms with Gasteiger partial charge in [0, 0.05) is 38.3 Å². The summed E-state index contributed by atoms with van der Waals surface area (Å²) in [5.74, 6) is -0.176. The number of amides is 2. The molecule has 2 saturated heterocycles. The Hall–Kier alpha value is -1.80. The Balaban J connectivity index is 0.00000261. The molecule has 9 heteroatoms. The minimum atomic E-state index is -4.42. The third kappa shape index (κ3) is 5.13. The number of benzene rings is 1. The molecule has 0 aliphatic carbocycles. The van der Waals surface area contributed by atoms with E-state index in [0.717, 1.165) is 31.5 Å². The minimum absolute atomic E-state index is 0. The number of piperazine rings is 1. The number of carbonyl (C=O) groups is 2. The number of hydrogen-bond acceptors (Lipinski definition) is 3. The summed E-state index contributed by atoms with van der Waals surface area (Å²) >= 11 is 0. The number of rotatable bonds is 2. The van der Waals surface area contributed by atoms with E-state index < -0.39 is 11.7 Å². The first-order chi connectivity index (χ1) is 12.4. The molecule has 1 aromatic rings. The highest BCUT2D eigenvalue weighted by Gasteiger charge is 2.32. The highest BCUT2D eigenvalue weighted by Crippen LogP contribution is 2.29. The molecule has 0 spiro atoms. The fourth-order valence-corrected chi connectivity index (χ4v) is 3.44. The summed E-state index contributed by atoms with van der Waals surface area (Å²) in [4.78, 5) is 28.4. The van der Waals surface area contributed by atoms with Gasteiger partial charge in [0.15, 0.2) is 0 Å². The largest absolute Gasteiger partial charge is 0.416 e. The summed E-state index contributed by atoms with van der Waals surface area (Å²) < 4.78 is 37.8. The van der Waals surface area contributed by atoms with Crippen molar-refractivity contribution in [3.63, 3.8) is 0 Å². The van der Waals surface area contributed by atoms with Gasteiger partial charge in [0.2, 0.25) is 5.91 Å². The van der Waals surface area contributed by atoms with Crippen molar-refractivity contribution in [2.24, 2.45) is 5.92 Å². The molecule has 1 N–H and O–H groups in total. The smallest absolute Gasteiger partial charge is 0.339 e. The van der Waals surface area contributed by atoms with Crippen LogP contribution < -0.4 is 5.32 Å². The Labute approximate surface area is 162 Å². The Kier molecular flexibility index (Phi) is 7.11. The minimum Gasteiger partial charge on any atom is -0.339 e. The van der Waals surface area contributed by atoms with Gasteiger partial charge in [0.1, 0.15) is 0 Å². The SMILES string of the molecule is Cl.O=C(c1ccc(C(F)(F)F)cc1)N1CCN(C(=O)C2CCCNC2)CC1. The molecule has 150 valence electrons. The van der Waals surface area contributed by atoms with Crippen LogP contribution in [0.4, 0.5) is 13.2 Å². The Bertz CT molecular complexity index is 653. The van der Waals surface area contributed by atoms with E-state index in [2.05, 4.69) is 5.32 Å². The maximum absolute atomic E-state index is 12.6. The molecule has 1 aromatic carbocycles. The van der Waals surface area contributed by atoms with Gasteiger partial charge in [0.25, 0.3) is 5.91 Å². The van der Waals surface area contributed by atoms with E-state index in [1.54, 1.807) is 9.80 Å². The highest BCUT2D eigenvalue weighted by molar-refractivity contribution is 5.94. The average molecular weight is 406 g/mol. The van der Waals surface area contributed by atoms with Crippen molar-refractivity contribution in [1.29, 1.82) is 0 Å². The highest BCUT2D eigenvalue weighted by atomic mass is 35.5. The topological polar surface area (TPSA) is 52.7 Å². The monoisotopic (exact) mass is 405 g/mol. The Morgan fingerprint density at radius 2 is 1.59 bits per heavy atom. The fourth-order valence-electron chi connectivity index (χ4n) is 3.44. The second-order valence-corrected chi connectivity index (χ2v) is 6.74. The molecule has 5 nitrogen and oxygen atoms in total. The van der Waals surface area contributed by atoms with Crippen LogP contribution >= 0.6 is 12.4 Å². The first-order valence-corrected chi connectivity index (χ1v) is 8.82. The lowest BCUT2D eigenvalue weighted by Crippen LogP contribution is -2.53.